The van der Waals surface area contributed by atoms with Crippen LogP contribution in [0.5, 0.6) is 0 Å². The molecule has 2 rings (SSSR count). The molecule has 0 aromatic rings. The largest absolute Gasteiger partial charge is 0.143 e. The molecule has 0 aromatic carbocycles. The predicted molar refractivity (Wildman–Crippen MR) is 82.1 cm³/mol. The third-order valence-electron chi connectivity index (χ3n) is 2.70. The Morgan fingerprint density at radius 3 is 1.82 bits per heavy atom. The molecule has 0 nitrogen and oxygen atoms in total. The Labute approximate surface area is 113 Å². The van der Waals surface area contributed by atoms with Crippen LogP contribution in [0, 0.1) is 0 Å². The molecule has 2 aliphatic carbocycles. The zero-order chi connectivity index (χ0) is 12.1. The van der Waals surface area contributed by atoms with E-state index in [1.54, 1.807) is 0 Å². The molecule has 0 bridgehead atoms. The summed E-state index contributed by atoms with van der Waals surface area (Å²) in [6.45, 7) is 4.46. The smallest absolute Gasteiger partial charge is 0.0751 e. The summed E-state index contributed by atoms with van der Waals surface area (Å²) in [5.74, 6) is 2.34. The molecule has 0 saturated heterocycles. The first-order chi connectivity index (χ1) is 8.35. The molecule has 0 aromatic heterocycles. The van der Waals surface area contributed by atoms with Crippen LogP contribution in [0.4, 0.5) is 0 Å². The highest BCUT2D eigenvalue weighted by Gasteiger charge is 2.10. The zero-order valence-electron chi connectivity index (χ0n) is 10.3. The highest BCUT2D eigenvalue weighted by molar-refractivity contribution is 8.16. The van der Waals surface area contributed by atoms with Gasteiger partial charge in [0, 0.05) is 0 Å². The minimum absolute atomic E-state index is 0.571. The zero-order valence-corrected chi connectivity index (χ0v) is 12.0. The number of rotatable bonds is 5. The lowest BCUT2D eigenvalue weighted by Crippen LogP contribution is -1.88. The standard InChI is InChI=1S/C15H18S2/c1-3-16-15(17-4-2)14-10-8-12-6-5-7-13(12)9-11-14/h5-11,15H,3-4H2,1-2H3. The number of thioether (sulfide) groups is 2. The predicted octanol–water partition coefficient (Wildman–Crippen LogP) is 5.30. The fourth-order valence-corrected chi connectivity index (χ4v) is 4.39. The molecule has 0 radical (unpaired) electrons. The summed E-state index contributed by atoms with van der Waals surface area (Å²) in [4.78, 5) is 0. The molecule has 0 aliphatic heterocycles. The Hall–Kier alpha value is -0.600. The van der Waals surface area contributed by atoms with Crippen molar-refractivity contribution in [3.05, 3.63) is 48.0 Å². The van der Waals surface area contributed by atoms with Crippen LogP contribution < -0.4 is 0 Å². The van der Waals surface area contributed by atoms with Crippen molar-refractivity contribution in [2.24, 2.45) is 0 Å². The Bertz CT molecular complexity index is 402. The van der Waals surface area contributed by atoms with Crippen molar-refractivity contribution < 1.29 is 0 Å². The topological polar surface area (TPSA) is 0 Å². The van der Waals surface area contributed by atoms with Crippen molar-refractivity contribution in [2.75, 3.05) is 11.5 Å². The Kier molecular flexibility index (Phi) is 4.81. The second-order valence-electron chi connectivity index (χ2n) is 3.85. The van der Waals surface area contributed by atoms with Crippen molar-refractivity contribution in [3.8, 4) is 11.1 Å². The first kappa shape index (κ1) is 12.8. The van der Waals surface area contributed by atoms with Crippen LogP contribution in [0.15, 0.2) is 42.5 Å². The van der Waals surface area contributed by atoms with Gasteiger partial charge in [0.2, 0.25) is 0 Å². The minimum Gasteiger partial charge on any atom is -0.143 e. The van der Waals surface area contributed by atoms with Crippen molar-refractivity contribution in [1.29, 1.82) is 0 Å². The molecule has 0 fully saturated rings. The van der Waals surface area contributed by atoms with Gasteiger partial charge in [0.15, 0.2) is 0 Å². The third kappa shape index (κ3) is 3.20. The molecule has 0 N–H and O–H groups in total. The molecule has 0 spiro atoms. The molecule has 0 heterocycles. The highest BCUT2D eigenvalue weighted by atomic mass is 32.2. The minimum atomic E-state index is 0.571. The van der Waals surface area contributed by atoms with Crippen LogP contribution in [-0.4, -0.2) is 11.5 Å². The fraction of sp³-hybridized carbons (Fsp3) is 0.333. The fourth-order valence-electron chi connectivity index (χ4n) is 1.88. The van der Waals surface area contributed by atoms with Crippen LogP contribution >= 0.6 is 23.5 Å². The van der Waals surface area contributed by atoms with E-state index in [0.717, 1.165) is 0 Å². The van der Waals surface area contributed by atoms with Crippen molar-refractivity contribution in [1.82, 2.24) is 0 Å². The van der Waals surface area contributed by atoms with Gasteiger partial charge in [-0.2, -0.15) is 0 Å². The quantitative estimate of drug-likeness (QED) is 0.671. The first-order valence-corrected chi connectivity index (χ1v) is 8.16. The van der Waals surface area contributed by atoms with Crippen LogP contribution in [0.25, 0.3) is 11.1 Å². The average molecular weight is 262 g/mol. The van der Waals surface area contributed by atoms with Gasteiger partial charge >= 0.3 is 0 Å². The van der Waals surface area contributed by atoms with E-state index in [1.807, 2.05) is 23.5 Å². The third-order valence-corrected chi connectivity index (χ3v) is 5.34. The molecule has 0 unspecified atom stereocenters. The Morgan fingerprint density at radius 1 is 0.824 bits per heavy atom. The van der Waals surface area contributed by atoms with E-state index >= 15 is 0 Å². The summed E-state index contributed by atoms with van der Waals surface area (Å²) in [5, 5.41) is 0. The van der Waals surface area contributed by atoms with E-state index in [4.69, 9.17) is 0 Å². The lowest BCUT2D eigenvalue weighted by Gasteiger charge is -2.13. The maximum atomic E-state index is 2.28. The number of hydrogen-bond donors (Lipinski definition) is 0. The van der Waals surface area contributed by atoms with E-state index in [0.29, 0.717) is 4.58 Å². The molecule has 90 valence electrons. The monoisotopic (exact) mass is 262 g/mol. The van der Waals surface area contributed by atoms with Gasteiger partial charge in [-0.15, -0.1) is 23.5 Å². The second-order valence-corrected chi connectivity index (χ2v) is 6.91. The van der Waals surface area contributed by atoms with Gasteiger partial charge in [-0.05, 0) is 28.2 Å². The molecular formula is C15H18S2. The van der Waals surface area contributed by atoms with E-state index < -0.39 is 0 Å². The molecule has 0 saturated carbocycles. The second kappa shape index (κ2) is 6.36. The lowest BCUT2D eigenvalue weighted by molar-refractivity contribution is 1.36. The van der Waals surface area contributed by atoms with Gasteiger partial charge < -0.3 is 0 Å². The van der Waals surface area contributed by atoms with Crippen LogP contribution in [0.1, 0.15) is 24.0 Å². The highest BCUT2D eigenvalue weighted by Crippen LogP contribution is 2.39. The summed E-state index contributed by atoms with van der Waals surface area (Å²) < 4.78 is 0.571. The van der Waals surface area contributed by atoms with Crippen LogP contribution in [-0.2, 0) is 0 Å². The summed E-state index contributed by atoms with van der Waals surface area (Å²) >= 11 is 4.04. The number of hydrogen-bond acceptors (Lipinski definition) is 2. The van der Waals surface area contributed by atoms with Crippen molar-refractivity contribution >= 4 is 23.5 Å². The molecule has 2 heteroatoms. The summed E-state index contributed by atoms with van der Waals surface area (Å²) in [6.07, 6.45) is 0. The number of fused-ring (bicyclic) bond motifs is 1. The maximum absolute atomic E-state index is 2.28. The lowest BCUT2D eigenvalue weighted by atomic mass is 10.2. The normalized spacial score (nSPS) is 11.2. The summed E-state index contributed by atoms with van der Waals surface area (Å²) in [5.41, 5.74) is 4.09. The van der Waals surface area contributed by atoms with Crippen LogP contribution in [0.3, 0.4) is 0 Å². The molecule has 2 aliphatic rings. The molecule has 0 amide bonds. The molecule has 0 atom stereocenters. The Balaban J connectivity index is 2.29. The van der Waals surface area contributed by atoms with Gasteiger partial charge in [-0.25, -0.2) is 0 Å². The van der Waals surface area contributed by atoms with Gasteiger partial charge in [0.1, 0.15) is 0 Å². The Morgan fingerprint density at radius 2 is 1.35 bits per heavy atom. The van der Waals surface area contributed by atoms with Gasteiger partial charge in [0.05, 0.1) is 4.58 Å². The summed E-state index contributed by atoms with van der Waals surface area (Å²) in [7, 11) is 0. The molecular weight excluding hydrogens is 244 g/mol. The van der Waals surface area contributed by atoms with E-state index in [-0.39, 0.29) is 0 Å². The van der Waals surface area contributed by atoms with Crippen LogP contribution in [0.2, 0.25) is 0 Å². The van der Waals surface area contributed by atoms with Gasteiger partial charge in [0.25, 0.3) is 0 Å². The average Bonchev–Trinajstić information content (AvgIpc) is 2.68. The summed E-state index contributed by atoms with van der Waals surface area (Å²) in [6, 6.07) is 15.5. The molecule has 17 heavy (non-hydrogen) atoms. The van der Waals surface area contributed by atoms with Gasteiger partial charge in [-0.1, -0.05) is 56.3 Å². The van der Waals surface area contributed by atoms with Crippen molar-refractivity contribution in [2.45, 2.75) is 18.4 Å². The SMILES string of the molecule is CCSC(SCC)c1ccc2cccc-2cc1. The van der Waals surface area contributed by atoms with Gasteiger partial charge in [-0.3, -0.25) is 0 Å². The van der Waals surface area contributed by atoms with Crippen molar-refractivity contribution in [3.63, 3.8) is 0 Å². The van der Waals surface area contributed by atoms with E-state index in [9.17, 15) is 0 Å². The van der Waals surface area contributed by atoms with E-state index in [1.165, 1.54) is 28.2 Å². The maximum Gasteiger partial charge on any atom is 0.0751 e. The van der Waals surface area contributed by atoms with E-state index in [2.05, 4.69) is 56.3 Å². The first-order valence-electron chi connectivity index (χ1n) is 6.07.